The molecule has 0 fully saturated rings. The summed E-state index contributed by atoms with van der Waals surface area (Å²) in [5.74, 6) is 0. The second-order valence-corrected chi connectivity index (χ2v) is 6.79. The molecule has 6 nitrogen and oxygen atoms in total. The normalized spacial score (nSPS) is 12.0. The molecule has 0 radical (unpaired) electrons. The Bertz CT molecular complexity index is 970. The second kappa shape index (κ2) is 8.68. The lowest BCUT2D eigenvalue weighted by atomic mass is 10.1. The number of nitrogens with one attached hydrogen (secondary N) is 1. The van der Waals surface area contributed by atoms with Crippen LogP contribution in [0.25, 0.3) is 0 Å². The average molecular weight is 444 g/mol. The van der Waals surface area contributed by atoms with Crippen molar-refractivity contribution in [3.05, 3.63) is 63.7 Å². The van der Waals surface area contributed by atoms with E-state index in [4.69, 9.17) is 0 Å². The molecule has 0 saturated heterocycles. The Balaban J connectivity index is 0.00000204. The molecule has 0 aromatic heterocycles. The van der Waals surface area contributed by atoms with E-state index in [1.807, 2.05) is 13.8 Å². The number of halogens is 6. The number of nitro groups is 1. The zero-order valence-corrected chi connectivity index (χ0v) is 15.6. The van der Waals surface area contributed by atoms with Gasteiger partial charge in [0.05, 0.1) is 20.9 Å². The fourth-order valence-corrected chi connectivity index (χ4v) is 3.10. The molecule has 29 heavy (non-hydrogen) atoms. The summed E-state index contributed by atoms with van der Waals surface area (Å²) in [7, 11) is -4.49. The Labute approximate surface area is 161 Å². The number of nitro benzene ring substituents is 1. The topological polar surface area (TPSA) is 89.3 Å². The van der Waals surface area contributed by atoms with Gasteiger partial charge in [-0.3, -0.25) is 14.8 Å². The van der Waals surface area contributed by atoms with E-state index >= 15 is 0 Å². The van der Waals surface area contributed by atoms with Gasteiger partial charge in [-0.05, 0) is 30.3 Å². The summed E-state index contributed by atoms with van der Waals surface area (Å²) < 4.78 is 103. The molecule has 0 aliphatic heterocycles. The smallest absolute Gasteiger partial charge is 0.280 e. The molecule has 0 saturated carbocycles. The van der Waals surface area contributed by atoms with Gasteiger partial charge in [0.2, 0.25) is 0 Å². The number of non-ortho nitro benzene ring substituents is 1. The zero-order valence-electron chi connectivity index (χ0n) is 14.8. The monoisotopic (exact) mass is 444 g/mol. The Kier molecular flexibility index (Phi) is 7.24. The van der Waals surface area contributed by atoms with E-state index in [1.165, 1.54) is 0 Å². The molecule has 0 spiro atoms. The first kappa shape index (κ1) is 24.2. The van der Waals surface area contributed by atoms with E-state index in [0.29, 0.717) is 6.07 Å². The van der Waals surface area contributed by atoms with Gasteiger partial charge in [-0.1, -0.05) is 13.8 Å². The van der Waals surface area contributed by atoms with Gasteiger partial charge in [0, 0.05) is 17.8 Å². The molecule has 13 heteroatoms. The molecule has 0 aliphatic rings. The first-order valence-electron chi connectivity index (χ1n) is 7.77. The van der Waals surface area contributed by atoms with E-state index in [9.17, 15) is 44.9 Å². The molecule has 0 atom stereocenters. The minimum atomic E-state index is -5.38. The Morgan fingerprint density at radius 3 is 1.76 bits per heavy atom. The Hall–Kier alpha value is -2.83. The van der Waals surface area contributed by atoms with E-state index in [2.05, 4.69) is 0 Å². The number of sulfonamides is 1. The lowest BCUT2D eigenvalue weighted by Gasteiger charge is -2.17. The van der Waals surface area contributed by atoms with E-state index in [-0.39, 0.29) is 12.1 Å². The summed E-state index contributed by atoms with van der Waals surface area (Å²) in [6.45, 7) is 4.00. The Morgan fingerprint density at radius 2 is 1.34 bits per heavy atom. The van der Waals surface area contributed by atoms with Crippen LogP contribution in [0.4, 0.5) is 37.7 Å². The molecular formula is C16H14F6N2O4S. The Morgan fingerprint density at radius 1 is 0.862 bits per heavy atom. The van der Waals surface area contributed by atoms with Gasteiger partial charge in [-0.25, -0.2) is 8.42 Å². The predicted molar refractivity (Wildman–Crippen MR) is 91.7 cm³/mol. The number of alkyl halides is 6. The summed E-state index contributed by atoms with van der Waals surface area (Å²) in [6.07, 6.45) is -10.7. The van der Waals surface area contributed by atoms with Gasteiger partial charge in [-0.15, -0.1) is 0 Å². The zero-order chi connectivity index (χ0) is 22.6. The van der Waals surface area contributed by atoms with E-state index in [0.717, 1.165) is 24.3 Å². The van der Waals surface area contributed by atoms with Crippen molar-refractivity contribution in [2.45, 2.75) is 31.1 Å². The molecule has 0 amide bonds. The molecule has 1 N–H and O–H groups in total. The van der Waals surface area contributed by atoms with Crippen molar-refractivity contribution in [2.24, 2.45) is 0 Å². The average Bonchev–Trinajstić information content (AvgIpc) is 2.61. The fraction of sp³-hybridized carbons (Fsp3) is 0.250. The van der Waals surface area contributed by atoms with Gasteiger partial charge in [-0.2, -0.15) is 26.3 Å². The highest BCUT2D eigenvalue weighted by atomic mass is 32.2. The first-order chi connectivity index (χ1) is 13.2. The standard InChI is InChI=1S/C14H8F6N2O4S.C2H6/c15-13(16,17)11-6-1-8(7-12(11)14(18,19)20)21-27(25,26)10-4-2-9(3-5-10)22(23)24;1-2/h1-7,21H;1-2H3. The lowest BCUT2D eigenvalue weighted by molar-refractivity contribution is -0.384. The molecular weight excluding hydrogens is 430 g/mol. The molecule has 2 rings (SSSR count). The van der Waals surface area contributed by atoms with Crippen LogP contribution in [0.2, 0.25) is 0 Å². The number of nitrogens with zero attached hydrogens (tertiary/aromatic N) is 1. The maximum atomic E-state index is 12.9. The molecule has 2 aromatic rings. The third-order valence-electron chi connectivity index (χ3n) is 3.24. The summed E-state index contributed by atoms with van der Waals surface area (Å²) in [6, 6.07) is 4.01. The van der Waals surface area contributed by atoms with Crippen molar-refractivity contribution in [2.75, 3.05) is 4.72 Å². The van der Waals surface area contributed by atoms with E-state index in [1.54, 1.807) is 4.72 Å². The minimum Gasteiger partial charge on any atom is -0.280 e. The highest BCUT2D eigenvalue weighted by Crippen LogP contribution is 2.41. The van der Waals surface area contributed by atoms with Crippen molar-refractivity contribution in [1.82, 2.24) is 0 Å². The van der Waals surface area contributed by atoms with Crippen molar-refractivity contribution in [3.8, 4) is 0 Å². The van der Waals surface area contributed by atoms with Crippen LogP contribution < -0.4 is 4.72 Å². The third kappa shape index (κ3) is 6.07. The van der Waals surface area contributed by atoms with Gasteiger partial charge in [0.15, 0.2) is 0 Å². The molecule has 0 aliphatic carbocycles. The molecule has 0 heterocycles. The van der Waals surface area contributed by atoms with Gasteiger partial charge in [0.25, 0.3) is 15.7 Å². The molecule has 0 unspecified atom stereocenters. The fourth-order valence-electron chi connectivity index (χ4n) is 2.05. The number of anilines is 1. The predicted octanol–water partition coefficient (Wildman–Crippen LogP) is 5.46. The maximum absolute atomic E-state index is 12.9. The van der Waals surface area contributed by atoms with Crippen molar-refractivity contribution < 1.29 is 39.7 Å². The SMILES string of the molecule is CC.O=[N+]([O-])c1ccc(S(=O)(=O)Nc2ccc(C(F)(F)F)c(C(F)(F)F)c2)cc1. The second-order valence-electron chi connectivity index (χ2n) is 5.11. The van der Waals surface area contributed by atoms with E-state index < -0.39 is 54.7 Å². The number of rotatable bonds is 4. The van der Waals surface area contributed by atoms with Crippen LogP contribution in [0.3, 0.4) is 0 Å². The highest BCUT2D eigenvalue weighted by Gasteiger charge is 2.43. The van der Waals surface area contributed by atoms with Crippen LogP contribution >= 0.6 is 0 Å². The van der Waals surface area contributed by atoms with Crippen LogP contribution in [0.15, 0.2) is 47.4 Å². The first-order valence-corrected chi connectivity index (χ1v) is 9.26. The maximum Gasteiger partial charge on any atom is 0.417 e. The summed E-state index contributed by atoms with van der Waals surface area (Å²) >= 11 is 0. The van der Waals surface area contributed by atoms with Crippen LogP contribution in [-0.4, -0.2) is 13.3 Å². The van der Waals surface area contributed by atoms with Crippen molar-refractivity contribution in [3.63, 3.8) is 0 Å². The molecule has 160 valence electrons. The van der Waals surface area contributed by atoms with Gasteiger partial charge < -0.3 is 0 Å². The summed E-state index contributed by atoms with van der Waals surface area (Å²) in [5.41, 5.74) is -5.20. The van der Waals surface area contributed by atoms with Crippen LogP contribution in [0.5, 0.6) is 0 Å². The number of hydrogen-bond acceptors (Lipinski definition) is 4. The highest BCUT2D eigenvalue weighted by molar-refractivity contribution is 7.92. The minimum absolute atomic E-state index is 0.0196. The van der Waals surface area contributed by atoms with Crippen LogP contribution in [0.1, 0.15) is 25.0 Å². The van der Waals surface area contributed by atoms with Crippen LogP contribution in [-0.2, 0) is 22.4 Å². The van der Waals surface area contributed by atoms with Crippen LogP contribution in [0, 0.1) is 10.1 Å². The quantitative estimate of drug-likeness (QED) is 0.385. The summed E-state index contributed by atoms with van der Waals surface area (Å²) in [4.78, 5) is 9.22. The summed E-state index contributed by atoms with van der Waals surface area (Å²) in [5, 5.41) is 10.5. The van der Waals surface area contributed by atoms with Gasteiger partial charge in [0.1, 0.15) is 0 Å². The largest absolute Gasteiger partial charge is 0.417 e. The molecule has 0 bridgehead atoms. The van der Waals surface area contributed by atoms with Crippen molar-refractivity contribution in [1.29, 1.82) is 0 Å². The number of hydrogen-bond donors (Lipinski definition) is 1. The van der Waals surface area contributed by atoms with Gasteiger partial charge >= 0.3 is 12.4 Å². The van der Waals surface area contributed by atoms with Crippen molar-refractivity contribution >= 4 is 21.4 Å². The third-order valence-corrected chi connectivity index (χ3v) is 4.64. The lowest BCUT2D eigenvalue weighted by Crippen LogP contribution is -2.18. The number of benzene rings is 2. The molecule has 2 aromatic carbocycles.